The van der Waals surface area contributed by atoms with E-state index < -0.39 is 0 Å². The van der Waals surface area contributed by atoms with Crippen LogP contribution in [0.4, 0.5) is 0 Å². The zero-order valence-corrected chi connectivity index (χ0v) is 17.6. The topological polar surface area (TPSA) is 92.9 Å². The van der Waals surface area contributed by atoms with Gasteiger partial charge in [0.1, 0.15) is 12.2 Å². The van der Waals surface area contributed by atoms with Crippen molar-refractivity contribution < 1.29 is 9.90 Å². The van der Waals surface area contributed by atoms with Gasteiger partial charge in [0.25, 0.3) is 5.91 Å². The van der Waals surface area contributed by atoms with Crippen LogP contribution in [-0.4, -0.2) is 43.4 Å². The second kappa shape index (κ2) is 8.31. The Morgan fingerprint density at radius 2 is 2.00 bits per heavy atom. The highest BCUT2D eigenvalue weighted by molar-refractivity contribution is 6.30. The first-order chi connectivity index (χ1) is 13.7. The molecule has 1 aromatic carbocycles. The molecular formula is C21H24ClN5O2. The molecule has 0 aliphatic rings. The van der Waals surface area contributed by atoms with Gasteiger partial charge in [0.05, 0.1) is 23.0 Å². The lowest BCUT2D eigenvalue weighted by Crippen LogP contribution is -2.35. The van der Waals surface area contributed by atoms with Crippen molar-refractivity contribution in [3.8, 4) is 16.9 Å². The molecular weight excluding hydrogens is 390 g/mol. The van der Waals surface area contributed by atoms with Crippen molar-refractivity contribution in [3.63, 3.8) is 0 Å². The Kier molecular flexibility index (Phi) is 6.00. The molecule has 3 aromatic rings. The summed E-state index contributed by atoms with van der Waals surface area (Å²) in [5, 5.41) is 16.9. The van der Waals surface area contributed by atoms with Crippen molar-refractivity contribution in [1.29, 1.82) is 0 Å². The van der Waals surface area contributed by atoms with E-state index in [4.69, 9.17) is 11.6 Å². The summed E-state index contributed by atoms with van der Waals surface area (Å²) in [6.45, 7) is 7.74. The van der Waals surface area contributed by atoms with Gasteiger partial charge in [0.15, 0.2) is 0 Å². The zero-order valence-electron chi connectivity index (χ0n) is 16.8. The van der Waals surface area contributed by atoms with Gasteiger partial charge in [-0.15, -0.1) is 0 Å². The summed E-state index contributed by atoms with van der Waals surface area (Å²) >= 11 is 5.96. The van der Waals surface area contributed by atoms with Crippen LogP contribution < -0.4 is 5.32 Å². The Morgan fingerprint density at radius 3 is 2.62 bits per heavy atom. The molecule has 1 unspecified atom stereocenters. The average molecular weight is 414 g/mol. The number of hydrogen-bond donors (Lipinski definition) is 2. The summed E-state index contributed by atoms with van der Waals surface area (Å²) in [6, 6.07) is 8.60. The van der Waals surface area contributed by atoms with E-state index in [1.54, 1.807) is 42.1 Å². The molecule has 0 aliphatic carbocycles. The third-order valence-corrected chi connectivity index (χ3v) is 4.54. The first kappa shape index (κ1) is 21.0. The highest BCUT2D eigenvalue weighted by atomic mass is 35.5. The molecule has 7 nitrogen and oxygen atoms in total. The number of hydrogen-bond acceptors (Lipinski definition) is 5. The lowest BCUT2D eigenvalue weighted by Gasteiger charge is -2.19. The van der Waals surface area contributed by atoms with Crippen LogP contribution in [0.15, 0.2) is 42.9 Å². The smallest absolute Gasteiger partial charge is 0.251 e. The van der Waals surface area contributed by atoms with Crippen LogP contribution in [0.5, 0.6) is 0 Å². The number of nitrogens with zero attached hydrogens (tertiary/aromatic N) is 4. The van der Waals surface area contributed by atoms with E-state index in [0.717, 1.165) is 11.4 Å². The Morgan fingerprint density at radius 1 is 1.24 bits per heavy atom. The van der Waals surface area contributed by atoms with E-state index in [-0.39, 0.29) is 24.0 Å². The Labute approximate surface area is 174 Å². The molecule has 0 fully saturated rings. The predicted octanol–water partition coefficient (Wildman–Crippen LogP) is 3.39. The molecule has 0 bridgehead atoms. The fraction of sp³-hybridized carbons (Fsp3) is 0.333. The number of benzene rings is 1. The average Bonchev–Trinajstić information content (AvgIpc) is 3.18. The molecule has 0 spiro atoms. The summed E-state index contributed by atoms with van der Waals surface area (Å²) in [5.41, 5.74) is 2.32. The van der Waals surface area contributed by atoms with Gasteiger partial charge in [-0.2, -0.15) is 5.10 Å². The summed E-state index contributed by atoms with van der Waals surface area (Å²) < 4.78 is 1.73. The molecule has 0 aliphatic heterocycles. The predicted molar refractivity (Wildman–Crippen MR) is 112 cm³/mol. The maximum atomic E-state index is 12.7. The normalized spacial score (nSPS) is 12.6. The third kappa shape index (κ3) is 4.81. The first-order valence-electron chi connectivity index (χ1n) is 9.28. The fourth-order valence-electron chi connectivity index (χ4n) is 2.85. The molecule has 29 heavy (non-hydrogen) atoms. The van der Waals surface area contributed by atoms with Crippen molar-refractivity contribution >= 4 is 17.5 Å². The van der Waals surface area contributed by atoms with Crippen molar-refractivity contribution in [2.75, 3.05) is 6.61 Å². The number of amides is 1. The van der Waals surface area contributed by atoms with Gasteiger partial charge in [0.2, 0.25) is 0 Å². The molecule has 0 radical (unpaired) electrons. The summed E-state index contributed by atoms with van der Waals surface area (Å²) in [7, 11) is 0. The van der Waals surface area contributed by atoms with Gasteiger partial charge in [-0.25, -0.2) is 9.67 Å². The first-order valence-corrected chi connectivity index (χ1v) is 9.66. The SMILES string of the molecule is CC(CO)NC(=O)c1cc(-c2ccc(Cl)cn2)cc(-n2ncnc2C(C)(C)C)c1. The van der Waals surface area contributed by atoms with E-state index in [0.29, 0.717) is 22.0 Å². The van der Waals surface area contributed by atoms with Crippen molar-refractivity contribution in [2.24, 2.45) is 0 Å². The maximum absolute atomic E-state index is 12.7. The van der Waals surface area contributed by atoms with Gasteiger partial charge in [-0.1, -0.05) is 32.4 Å². The fourth-order valence-corrected chi connectivity index (χ4v) is 2.97. The van der Waals surface area contributed by atoms with Crippen LogP contribution >= 0.6 is 11.6 Å². The second-order valence-corrected chi connectivity index (χ2v) is 8.37. The monoisotopic (exact) mass is 413 g/mol. The highest BCUT2D eigenvalue weighted by Gasteiger charge is 2.23. The lowest BCUT2D eigenvalue weighted by molar-refractivity contribution is 0.0922. The van der Waals surface area contributed by atoms with Gasteiger partial charge in [0, 0.05) is 28.8 Å². The molecule has 2 heterocycles. The number of carbonyl (C=O) groups excluding carboxylic acids is 1. The Hall–Kier alpha value is -2.77. The van der Waals surface area contributed by atoms with Gasteiger partial charge >= 0.3 is 0 Å². The summed E-state index contributed by atoms with van der Waals surface area (Å²) in [5.74, 6) is 0.481. The summed E-state index contributed by atoms with van der Waals surface area (Å²) in [6.07, 6.45) is 3.06. The number of aromatic nitrogens is 4. The van der Waals surface area contributed by atoms with Gasteiger partial charge in [-0.05, 0) is 37.3 Å². The minimum absolute atomic E-state index is 0.145. The van der Waals surface area contributed by atoms with Crippen molar-refractivity contribution in [2.45, 2.75) is 39.2 Å². The van der Waals surface area contributed by atoms with E-state index in [9.17, 15) is 9.90 Å². The maximum Gasteiger partial charge on any atom is 0.251 e. The van der Waals surface area contributed by atoms with E-state index in [1.165, 1.54) is 6.33 Å². The standard InChI is InChI=1S/C21H24ClN5O2/c1-13(11-28)26-19(29)15-7-14(18-6-5-16(22)10-23-18)8-17(9-15)27-20(21(2,3)4)24-12-25-27/h5-10,12-13,28H,11H2,1-4H3,(H,26,29). The van der Waals surface area contributed by atoms with Gasteiger partial charge < -0.3 is 10.4 Å². The van der Waals surface area contributed by atoms with Crippen LogP contribution in [0.3, 0.4) is 0 Å². The quantitative estimate of drug-likeness (QED) is 0.668. The van der Waals surface area contributed by atoms with Gasteiger partial charge in [-0.3, -0.25) is 9.78 Å². The molecule has 2 N–H and O–H groups in total. The van der Waals surface area contributed by atoms with E-state index in [2.05, 4.69) is 41.2 Å². The van der Waals surface area contributed by atoms with Crippen LogP contribution in [-0.2, 0) is 5.41 Å². The molecule has 152 valence electrons. The molecule has 0 saturated carbocycles. The number of pyridine rings is 1. The number of carbonyl (C=O) groups is 1. The second-order valence-electron chi connectivity index (χ2n) is 7.93. The van der Waals surface area contributed by atoms with Crippen LogP contribution in [0.1, 0.15) is 43.9 Å². The van der Waals surface area contributed by atoms with Crippen LogP contribution in [0.25, 0.3) is 16.9 Å². The summed E-state index contributed by atoms with van der Waals surface area (Å²) in [4.78, 5) is 21.5. The molecule has 1 amide bonds. The Balaban J connectivity index is 2.14. The molecule has 3 rings (SSSR count). The van der Waals surface area contributed by atoms with Crippen molar-refractivity contribution in [1.82, 2.24) is 25.1 Å². The number of halogens is 1. The highest BCUT2D eigenvalue weighted by Crippen LogP contribution is 2.27. The third-order valence-electron chi connectivity index (χ3n) is 4.32. The van der Waals surface area contributed by atoms with E-state index in [1.807, 2.05) is 6.07 Å². The molecule has 2 aromatic heterocycles. The number of rotatable bonds is 5. The molecule has 0 saturated heterocycles. The largest absolute Gasteiger partial charge is 0.394 e. The lowest BCUT2D eigenvalue weighted by atomic mass is 9.95. The number of aliphatic hydroxyl groups excluding tert-OH is 1. The van der Waals surface area contributed by atoms with Crippen molar-refractivity contribution in [3.05, 3.63) is 59.3 Å². The van der Waals surface area contributed by atoms with E-state index >= 15 is 0 Å². The minimum atomic E-state index is -0.361. The number of nitrogens with one attached hydrogen (secondary N) is 1. The van der Waals surface area contributed by atoms with Crippen LogP contribution in [0.2, 0.25) is 5.02 Å². The minimum Gasteiger partial charge on any atom is -0.394 e. The molecule has 8 heteroatoms. The van der Waals surface area contributed by atoms with Crippen LogP contribution in [0, 0.1) is 0 Å². The Bertz CT molecular complexity index is 1010. The number of aliphatic hydroxyl groups is 1. The zero-order chi connectivity index (χ0) is 21.2. The molecule has 1 atom stereocenters.